The molecule has 4 nitrogen and oxygen atoms in total. The fourth-order valence-electron chi connectivity index (χ4n) is 1.89. The molecule has 2 heterocycles. The largest absolute Gasteiger partial charge is 0.311 e. The maximum atomic E-state index is 12.2. The monoisotopic (exact) mass is 269 g/mol. The summed E-state index contributed by atoms with van der Waals surface area (Å²) in [7, 11) is 0. The van der Waals surface area contributed by atoms with Crippen LogP contribution in [0.4, 0.5) is 5.00 Å². The predicted octanol–water partition coefficient (Wildman–Crippen LogP) is 3.25. The first-order valence-electron chi connectivity index (χ1n) is 5.82. The average molecular weight is 269 g/mol. The zero-order valence-electron chi connectivity index (χ0n) is 10.3. The molecule has 0 unspecified atom stereocenters. The van der Waals surface area contributed by atoms with Crippen molar-refractivity contribution in [3.8, 4) is 0 Å². The van der Waals surface area contributed by atoms with Crippen LogP contribution >= 0.6 is 11.5 Å². The summed E-state index contributed by atoms with van der Waals surface area (Å²) in [4.78, 5) is 16.4. The van der Waals surface area contributed by atoms with Crippen LogP contribution in [0.3, 0.4) is 0 Å². The highest BCUT2D eigenvalue weighted by atomic mass is 32.1. The number of aryl methyl sites for hydroxylation is 1. The summed E-state index contributed by atoms with van der Waals surface area (Å²) in [6.07, 6.45) is 1.65. The second-order valence-corrected chi connectivity index (χ2v) is 4.97. The van der Waals surface area contributed by atoms with E-state index in [4.69, 9.17) is 0 Å². The van der Waals surface area contributed by atoms with E-state index in [1.165, 1.54) is 11.5 Å². The molecule has 0 saturated heterocycles. The molecule has 94 valence electrons. The topological polar surface area (TPSA) is 54.9 Å². The summed E-state index contributed by atoms with van der Waals surface area (Å²) in [5.41, 5.74) is 1.33. The number of nitrogens with one attached hydrogen (secondary N) is 1. The summed E-state index contributed by atoms with van der Waals surface area (Å²) >= 11 is 1.27. The van der Waals surface area contributed by atoms with Gasteiger partial charge in [-0.2, -0.15) is 4.37 Å². The fourth-order valence-corrected chi connectivity index (χ4v) is 2.55. The summed E-state index contributed by atoms with van der Waals surface area (Å²) in [5.74, 6) is -0.208. The van der Waals surface area contributed by atoms with Crippen molar-refractivity contribution < 1.29 is 4.79 Å². The number of benzene rings is 1. The Morgan fingerprint density at radius 3 is 2.89 bits per heavy atom. The van der Waals surface area contributed by atoms with Gasteiger partial charge >= 0.3 is 0 Å². The Morgan fingerprint density at radius 2 is 2.11 bits per heavy atom. The van der Waals surface area contributed by atoms with Gasteiger partial charge in [0.15, 0.2) is 0 Å². The number of anilines is 1. The van der Waals surface area contributed by atoms with Gasteiger partial charge in [0, 0.05) is 11.6 Å². The smallest absolute Gasteiger partial charge is 0.275 e. The molecule has 1 N–H and O–H groups in total. The average Bonchev–Trinajstić information content (AvgIpc) is 2.83. The molecule has 0 saturated carbocycles. The highest BCUT2D eigenvalue weighted by Gasteiger charge is 2.12. The molecule has 0 atom stereocenters. The molecule has 0 bridgehead atoms. The van der Waals surface area contributed by atoms with Crippen molar-refractivity contribution in [2.75, 3.05) is 5.32 Å². The van der Waals surface area contributed by atoms with Gasteiger partial charge in [0.1, 0.15) is 10.7 Å². The van der Waals surface area contributed by atoms with Gasteiger partial charge in [-0.1, -0.05) is 24.3 Å². The lowest BCUT2D eigenvalue weighted by atomic mass is 10.1. The third-order valence-corrected chi connectivity index (χ3v) is 3.55. The van der Waals surface area contributed by atoms with E-state index in [9.17, 15) is 4.79 Å². The predicted molar refractivity (Wildman–Crippen MR) is 76.5 cm³/mol. The number of aromatic nitrogens is 2. The standard InChI is InChI=1S/C14H11N3OS/c1-9-8-12(19-17-9)16-14(18)13-11-5-3-2-4-10(11)6-7-15-13/h2-8H,1H3,(H,16,18). The van der Waals surface area contributed by atoms with Gasteiger partial charge in [0.2, 0.25) is 0 Å². The Hall–Kier alpha value is -2.27. The van der Waals surface area contributed by atoms with Crippen molar-refractivity contribution >= 4 is 33.2 Å². The van der Waals surface area contributed by atoms with E-state index in [1.54, 1.807) is 6.20 Å². The van der Waals surface area contributed by atoms with Crippen LogP contribution < -0.4 is 5.32 Å². The van der Waals surface area contributed by atoms with Gasteiger partial charge in [0.05, 0.1) is 5.69 Å². The van der Waals surface area contributed by atoms with E-state index >= 15 is 0 Å². The molecule has 3 aromatic rings. The number of carbonyl (C=O) groups is 1. The normalized spacial score (nSPS) is 10.6. The van der Waals surface area contributed by atoms with Gasteiger partial charge in [-0.05, 0) is 36.0 Å². The third kappa shape index (κ3) is 2.32. The molecule has 0 fully saturated rings. The molecule has 0 radical (unpaired) electrons. The van der Waals surface area contributed by atoms with E-state index in [0.717, 1.165) is 21.5 Å². The zero-order valence-corrected chi connectivity index (χ0v) is 11.1. The van der Waals surface area contributed by atoms with Crippen LogP contribution in [0.2, 0.25) is 0 Å². The number of hydrogen-bond donors (Lipinski definition) is 1. The SMILES string of the molecule is Cc1cc(NC(=O)c2nccc3ccccc23)sn1. The molecule has 1 amide bonds. The van der Waals surface area contributed by atoms with Crippen LogP contribution in [0.1, 0.15) is 16.2 Å². The highest BCUT2D eigenvalue weighted by Crippen LogP contribution is 2.20. The van der Waals surface area contributed by atoms with Crippen molar-refractivity contribution in [3.63, 3.8) is 0 Å². The van der Waals surface area contributed by atoms with Crippen LogP contribution in [0.25, 0.3) is 10.8 Å². The van der Waals surface area contributed by atoms with Gasteiger partial charge in [-0.25, -0.2) is 0 Å². The Labute approximate surface area is 114 Å². The molecule has 1 aromatic carbocycles. The van der Waals surface area contributed by atoms with E-state index in [0.29, 0.717) is 5.69 Å². The van der Waals surface area contributed by atoms with Crippen LogP contribution in [0, 0.1) is 6.92 Å². The number of carbonyl (C=O) groups excluding carboxylic acids is 1. The molecule has 3 rings (SSSR count). The first-order chi connectivity index (χ1) is 9.24. The quantitative estimate of drug-likeness (QED) is 0.777. The van der Waals surface area contributed by atoms with Crippen LogP contribution in [-0.4, -0.2) is 15.3 Å². The number of nitrogens with zero attached hydrogens (tertiary/aromatic N) is 2. The molecule has 0 aliphatic rings. The number of fused-ring (bicyclic) bond motifs is 1. The first kappa shape index (κ1) is 11.8. The Bertz CT molecular complexity index is 746. The summed E-state index contributed by atoms with van der Waals surface area (Å²) in [6, 6.07) is 11.4. The van der Waals surface area contributed by atoms with Gasteiger partial charge in [0.25, 0.3) is 5.91 Å². The Balaban J connectivity index is 1.97. The van der Waals surface area contributed by atoms with Gasteiger partial charge < -0.3 is 5.32 Å². The summed E-state index contributed by atoms with van der Waals surface area (Å²) in [5, 5.41) is 5.41. The lowest BCUT2D eigenvalue weighted by Gasteiger charge is -2.04. The molecule has 0 aliphatic heterocycles. The number of rotatable bonds is 2. The molecule has 0 spiro atoms. The van der Waals surface area contributed by atoms with Crippen molar-refractivity contribution in [2.45, 2.75) is 6.92 Å². The second kappa shape index (κ2) is 4.78. The van der Waals surface area contributed by atoms with Gasteiger partial charge in [-0.3, -0.25) is 9.78 Å². The summed E-state index contributed by atoms with van der Waals surface area (Å²) < 4.78 is 4.13. The minimum Gasteiger partial charge on any atom is -0.311 e. The molecule has 0 aliphatic carbocycles. The lowest BCUT2D eigenvalue weighted by molar-refractivity contribution is 0.102. The van der Waals surface area contributed by atoms with Crippen LogP contribution in [0.15, 0.2) is 42.6 Å². The van der Waals surface area contributed by atoms with E-state index in [-0.39, 0.29) is 5.91 Å². The molecular formula is C14H11N3OS. The summed E-state index contributed by atoms with van der Waals surface area (Å²) in [6.45, 7) is 1.89. The molecule has 5 heteroatoms. The minimum absolute atomic E-state index is 0.208. The maximum absolute atomic E-state index is 12.2. The highest BCUT2D eigenvalue weighted by molar-refractivity contribution is 7.10. The fraction of sp³-hybridized carbons (Fsp3) is 0.0714. The molecule has 19 heavy (non-hydrogen) atoms. The maximum Gasteiger partial charge on any atom is 0.275 e. The number of pyridine rings is 1. The van der Waals surface area contributed by atoms with Crippen molar-refractivity contribution in [1.82, 2.24) is 9.36 Å². The van der Waals surface area contributed by atoms with Crippen molar-refractivity contribution in [2.24, 2.45) is 0 Å². The molecular weight excluding hydrogens is 258 g/mol. The number of hydrogen-bond acceptors (Lipinski definition) is 4. The molecule has 2 aromatic heterocycles. The van der Waals surface area contributed by atoms with Crippen LogP contribution in [0.5, 0.6) is 0 Å². The Morgan fingerprint density at radius 1 is 1.26 bits per heavy atom. The van der Waals surface area contributed by atoms with Crippen molar-refractivity contribution in [3.05, 3.63) is 54.0 Å². The third-order valence-electron chi connectivity index (χ3n) is 2.75. The van der Waals surface area contributed by atoms with Crippen LogP contribution in [-0.2, 0) is 0 Å². The number of amides is 1. The first-order valence-corrected chi connectivity index (χ1v) is 6.60. The van der Waals surface area contributed by atoms with Crippen molar-refractivity contribution in [1.29, 1.82) is 0 Å². The Kier molecular flexibility index (Phi) is 2.97. The van der Waals surface area contributed by atoms with E-state index < -0.39 is 0 Å². The lowest BCUT2D eigenvalue weighted by Crippen LogP contribution is -2.13. The second-order valence-electron chi connectivity index (χ2n) is 4.17. The zero-order chi connectivity index (χ0) is 13.2. The van der Waals surface area contributed by atoms with E-state index in [2.05, 4.69) is 14.7 Å². The minimum atomic E-state index is -0.208. The van der Waals surface area contributed by atoms with Gasteiger partial charge in [-0.15, -0.1) is 0 Å². The van der Waals surface area contributed by atoms with E-state index in [1.807, 2.05) is 43.3 Å².